The van der Waals surface area contributed by atoms with Gasteiger partial charge in [-0.25, -0.2) is 0 Å². The molecule has 64 valence electrons. The summed E-state index contributed by atoms with van der Waals surface area (Å²) in [5.41, 5.74) is 0. The summed E-state index contributed by atoms with van der Waals surface area (Å²) in [7, 11) is -4.79. The molecule has 0 unspecified atom stereocenters. The van der Waals surface area contributed by atoms with Gasteiger partial charge in [-0.05, 0) is 25.3 Å². The Kier molecular flexibility index (Phi) is 2.49. The van der Waals surface area contributed by atoms with Crippen LogP contribution in [0.1, 0.15) is 25.7 Å². The first kappa shape index (κ1) is 8.52. The maximum atomic E-state index is 11.9. The van der Waals surface area contributed by atoms with Gasteiger partial charge >= 0.3 is 10.5 Å². The van der Waals surface area contributed by atoms with Gasteiger partial charge in [-0.15, -0.1) is 0 Å². The monoisotopic (exact) mass is 180 g/mol. The van der Waals surface area contributed by atoms with Crippen LogP contribution in [0.4, 0.5) is 3.89 Å². The minimum atomic E-state index is -4.79. The summed E-state index contributed by atoms with van der Waals surface area (Å²) in [4.78, 5) is 0. The number of rotatable bonds is 2. The van der Waals surface area contributed by atoms with Crippen molar-refractivity contribution in [3.8, 4) is 0 Å². The zero-order valence-electron chi connectivity index (χ0n) is 5.92. The molecule has 0 N–H and O–H groups in total. The Morgan fingerprint density at radius 2 is 2.18 bits per heavy atom. The molecule has 1 aliphatic rings. The summed E-state index contributed by atoms with van der Waals surface area (Å²) in [5, 5.41) is 0. The molecule has 0 spiro atoms. The maximum Gasteiger partial charge on any atom is 0.488 e. The van der Waals surface area contributed by atoms with Crippen LogP contribution in [0, 0.1) is 0 Å². The van der Waals surface area contributed by atoms with Gasteiger partial charge in [0, 0.05) is 6.42 Å². The smallest absolute Gasteiger partial charge is 0.363 e. The number of allylic oxidation sites excluding steroid dienone is 2. The summed E-state index contributed by atoms with van der Waals surface area (Å²) in [5.74, 6) is 0.235. The largest absolute Gasteiger partial charge is 0.488 e. The van der Waals surface area contributed by atoms with Gasteiger partial charge in [0.2, 0.25) is 0 Å². The lowest BCUT2D eigenvalue weighted by Crippen LogP contribution is -2.01. The lowest BCUT2D eigenvalue weighted by atomic mass is 10.1. The van der Waals surface area contributed by atoms with Gasteiger partial charge in [0.1, 0.15) is 5.76 Å². The standard InChI is InChI=1S/C6H9FO3S/c7-11(8,9)10-6-4-2-1-3-5-6/h4H,1-3,5H2. The van der Waals surface area contributed by atoms with Crippen molar-refractivity contribution in [1.29, 1.82) is 0 Å². The average molecular weight is 180 g/mol. The Labute approximate surface area is 65.3 Å². The molecule has 0 aromatic carbocycles. The van der Waals surface area contributed by atoms with E-state index in [0.717, 1.165) is 19.3 Å². The molecule has 0 aromatic heterocycles. The zero-order valence-corrected chi connectivity index (χ0v) is 6.73. The topological polar surface area (TPSA) is 43.4 Å². The Balaban J connectivity index is 2.55. The van der Waals surface area contributed by atoms with Crippen molar-refractivity contribution >= 4 is 10.5 Å². The Morgan fingerprint density at radius 1 is 1.45 bits per heavy atom. The molecule has 0 heterocycles. The summed E-state index contributed by atoms with van der Waals surface area (Å²) >= 11 is 0. The van der Waals surface area contributed by atoms with Crippen molar-refractivity contribution in [2.75, 3.05) is 0 Å². The van der Waals surface area contributed by atoms with E-state index in [-0.39, 0.29) is 5.76 Å². The first-order valence-corrected chi connectivity index (χ1v) is 4.72. The summed E-state index contributed by atoms with van der Waals surface area (Å²) in [6, 6.07) is 0. The van der Waals surface area contributed by atoms with Crippen LogP contribution in [0.25, 0.3) is 0 Å². The van der Waals surface area contributed by atoms with Gasteiger partial charge in [-0.1, -0.05) is 3.89 Å². The molecule has 0 aromatic rings. The molecule has 0 atom stereocenters. The van der Waals surface area contributed by atoms with Crippen molar-refractivity contribution in [3.05, 3.63) is 11.8 Å². The second kappa shape index (κ2) is 3.21. The summed E-state index contributed by atoms with van der Waals surface area (Å²) in [6.07, 6.45) is 4.77. The van der Waals surface area contributed by atoms with E-state index in [1.165, 1.54) is 0 Å². The molecule has 11 heavy (non-hydrogen) atoms. The Hall–Kier alpha value is -0.580. The van der Waals surface area contributed by atoms with Crippen LogP contribution in [0.5, 0.6) is 0 Å². The number of hydrogen-bond donors (Lipinski definition) is 0. The van der Waals surface area contributed by atoms with Crippen molar-refractivity contribution < 1.29 is 16.5 Å². The van der Waals surface area contributed by atoms with Crippen molar-refractivity contribution in [2.24, 2.45) is 0 Å². The van der Waals surface area contributed by atoms with Crippen LogP contribution < -0.4 is 0 Å². The fourth-order valence-electron chi connectivity index (χ4n) is 1.01. The molecular formula is C6H9FO3S. The fourth-order valence-corrected chi connectivity index (χ4v) is 1.42. The molecule has 1 aliphatic carbocycles. The minimum absolute atomic E-state index is 0.235. The van der Waals surface area contributed by atoms with Crippen LogP contribution >= 0.6 is 0 Å². The van der Waals surface area contributed by atoms with Crippen molar-refractivity contribution in [3.63, 3.8) is 0 Å². The van der Waals surface area contributed by atoms with Crippen molar-refractivity contribution in [2.45, 2.75) is 25.7 Å². The van der Waals surface area contributed by atoms with Crippen LogP contribution in [-0.4, -0.2) is 8.42 Å². The molecule has 0 saturated heterocycles. The highest BCUT2D eigenvalue weighted by molar-refractivity contribution is 7.81. The van der Waals surface area contributed by atoms with Gasteiger partial charge in [0.15, 0.2) is 0 Å². The summed E-state index contributed by atoms with van der Waals surface area (Å²) in [6.45, 7) is 0. The highest BCUT2D eigenvalue weighted by Gasteiger charge is 2.13. The molecule has 5 heteroatoms. The highest BCUT2D eigenvalue weighted by Crippen LogP contribution is 2.20. The molecule has 0 saturated carbocycles. The number of halogens is 1. The van der Waals surface area contributed by atoms with E-state index in [9.17, 15) is 12.3 Å². The van der Waals surface area contributed by atoms with E-state index < -0.39 is 10.5 Å². The van der Waals surface area contributed by atoms with Crippen LogP contribution in [0.3, 0.4) is 0 Å². The Morgan fingerprint density at radius 3 is 2.64 bits per heavy atom. The molecule has 0 fully saturated rings. The normalized spacial score (nSPS) is 19.2. The SMILES string of the molecule is O=S(=O)(F)OC1=CCCCC1. The predicted molar refractivity (Wildman–Crippen MR) is 37.7 cm³/mol. The fraction of sp³-hybridized carbons (Fsp3) is 0.667. The van der Waals surface area contributed by atoms with Gasteiger partial charge < -0.3 is 4.18 Å². The molecular weight excluding hydrogens is 171 g/mol. The zero-order chi connectivity index (χ0) is 8.32. The summed E-state index contributed by atoms with van der Waals surface area (Å²) < 4.78 is 35.9. The third-order valence-corrected chi connectivity index (χ3v) is 1.87. The highest BCUT2D eigenvalue weighted by atomic mass is 32.3. The molecule has 1 rings (SSSR count). The van der Waals surface area contributed by atoms with Crippen LogP contribution in [0.2, 0.25) is 0 Å². The maximum absolute atomic E-state index is 11.9. The second-order valence-electron chi connectivity index (χ2n) is 2.39. The van der Waals surface area contributed by atoms with Crippen molar-refractivity contribution in [1.82, 2.24) is 0 Å². The lowest BCUT2D eigenvalue weighted by molar-refractivity contribution is 0.347. The lowest BCUT2D eigenvalue weighted by Gasteiger charge is -2.09. The molecule has 3 nitrogen and oxygen atoms in total. The molecule has 0 aliphatic heterocycles. The van der Waals surface area contributed by atoms with Gasteiger partial charge in [0.25, 0.3) is 0 Å². The van der Waals surface area contributed by atoms with E-state index in [1.807, 2.05) is 0 Å². The first-order chi connectivity index (χ1) is 5.08. The molecule has 0 radical (unpaired) electrons. The minimum Gasteiger partial charge on any atom is -0.363 e. The Bertz CT molecular complexity index is 255. The first-order valence-electron chi connectivity index (χ1n) is 3.41. The third kappa shape index (κ3) is 3.36. The van der Waals surface area contributed by atoms with E-state index in [2.05, 4.69) is 4.18 Å². The van der Waals surface area contributed by atoms with E-state index in [4.69, 9.17) is 0 Å². The van der Waals surface area contributed by atoms with E-state index >= 15 is 0 Å². The van der Waals surface area contributed by atoms with E-state index in [0.29, 0.717) is 6.42 Å². The van der Waals surface area contributed by atoms with Gasteiger partial charge in [-0.2, -0.15) is 8.42 Å². The third-order valence-electron chi connectivity index (χ3n) is 1.46. The van der Waals surface area contributed by atoms with E-state index in [1.54, 1.807) is 6.08 Å². The van der Waals surface area contributed by atoms with Gasteiger partial charge in [0.05, 0.1) is 0 Å². The average Bonchev–Trinajstić information content (AvgIpc) is 1.85. The quantitative estimate of drug-likeness (QED) is 0.607. The van der Waals surface area contributed by atoms with Gasteiger partial charge in [-0.3, -0.25) is 0 Å². The number of hydrogen-bond acceptors (Lipinski definition) is 3. The second-order valence-corrected chi connectivity index (χ2v) is 3.35. The molecule has 0 amide bonds. The predicted octanol–water partition coefficient (Wildman–Crippen LogP) is 1.68. The van der Waals surface area contributed by atoms with Crippen LogP contribution in [0.15, 0.2) is 11.8 Å². The van der Waals surface area contributed by atoms with Crippen LogP contribution in [-0.2, 0) is 14.7 Å². The molecule has 0 bridgehead atoms.